The van der Waals surface area contributed by atoms with E-state index in [0.717, 1.165) is 5.56 Å². The molecule has 1 saturated heterocycles. The molecule has 0 unspecified atom stereocenters. The largest absolute Gasteiger partial charge is 0.466 e. The minimum absolute atomic E-state index is 0.141. The molecule has 3 N–H and O–H groups in total. The fourth-order valence-corrected chi connectivity index (χ4v) is 3.64. The number of hydrogen-bond donors (Lipinski definition) is 3. The summed E-state index contributed by atoms with van der Waals surface area (Å²) < 4.78 is 5.05. The van der Waals surface area contributed by atoms with Crippen molar-refractivity contribution in [1.29, 1.82) is 0 Å². The fraction of sp³-hybridized carbons (Fsp3) is 0.417. The van der Waals surface area contributed by atoms with E-state index in [0.29, 0.717) is 57.3 Å². The van der Waals surface area contributed by atoms with Gasteiger partial charge in [0.25, 0.3) is 0 Å². The van der Waals surface area contributed by atoms with Gasteiger partial charge in [-0.1, -0.05) is 30.3 Å². The number of nitrogens with one attached hydrogen (secondary N) is 3. The van der Waals surface area contributed by atoms with E-state index in [2.05, 4.69) is 25.9 Å². The van der Waals surface area contributed by atoms with E-state index in [-0.39, 0.29) is 23.6 Å². The van der Waals surface area contributed by atoms with Crippen LogP contribution in [0.1, 0.15) is 26.7 Å². The molecule has 3 amide bonds. The second-order valence-corrected chi connectivity index (χ2v) is 8.01. The Morgan fingerprint density at radius 1 is 1.03 bits per heavy atom. The van der Waals surface area contributed by atoms with Crippen LogP contribution in [0.4, 0.5) is 11.6 Å². The molecule has 1 aliphatic heterocycles. The summed E-state index contributed by atoms with van der Waals surface area (Å²) in [7, 11) is 0. The van der Waals surface area contributed by atoms with Crippen LogP contribution in [0.2, 0.25) is 0 Å². The highest BCUT2D eigenvalue weighted by molar-refractivity contribution is 6.39. The van der Waals surface area contributed by atoms with Gasteiger partial charge in [-0.3, -0.25) is 19.2 Å². The van der Waals surface area contributed by atoms with E-state index < -0.39 is 11.8 Å². The number of carbonyl (C=O) groups is 4. The molecule has 0 bridgehead atoms. The molecule has 0 saturated carbocycles. The highest BCUT2D eigenvalue weighted by atomic mass is 16.5. The predicted octanol–water partition coefficient (Wildman–Crippen LogP) is 1.43. The average molecular weight is 483 g/mol. The molecule has 11 nitrogen and oxygen atoms in total. The summed E-state index contributed by atoms with van der Waals surface area (Å²) >= 11 is 0. The Morgan fingerprint density at radius 3 is 2.37 bits per heavy atom. The van der Waals surface area contributed by atoms with Gasteiger partial charge in [0.2, 0.25) is 5.91 Å². The Bertz CT molecular complexity index is 1050. The second-order valence-electron chi connectivity index (χ2n) is 8.01. The number of hydrogen-bond acceptors (Lipinski definition) is 8. The van der Waals surface area contributed by atoms with Crippen LogP contribution in [0, 0.1) is 5.92 Å². The molecule has 11 heteroatoms. The van der Waals surface area contributed by atoms with Crippen molar-refractivity contribution >= 4 is 35.3 Å². The Hall–Kier alpha value is -4.02. The lowest BCUT2D eigenvalue weighted by molar-refractivity contribution is -0.152. The maximum absolute atomic E-state index is 12.7. The molecule has 2 heterocycles. The van der Waals surface area contributed by atoms with Crippen molar-refractivity contribution in [1.82, 2.24) is 20.2 Å². The Labute approximate surface area is 203 Å². The van der Waals surface area contributed by atoms with Crippen molar-refractivity contribution < 1.29 is 23.9 Å². The summed E-state index contributed by atoms with van der Waals surface area (Å²) in [5.74, 6) is -1.21. The summed E-state index contributed by atoms with van der Waals surface area (Å²) in [5, 5.41) is 8.34. The average Bonchev–Trinajstić information content (AvgIpc) is 2.86. The van der Waals surface area contributed by atoms with Gasteiger partial charge in [0.1, 0.15) is 11.6 Å². The molecule has 1 aliphatic rings. The van der Waals surface area contributed by atoms with Crippen molar-refractivity contribution in [2.24, 2.45) is 5.92 Å². The van der Waals surface area contributed by atoms with Gasteiger partial charge >= 0.3 is 17.8 Å². The number of likely N-dealkylation sites (tertiary alicyclic amines) is 1. The Balaban J connectivity index is 1.67. The summed E-state index contributed by atoms with van der Waals surface area (Å²) in [6.45, 7) is 4.89. The first-order valence-corrected chi connectivity index (χ1v) is 11.6. The van der Waals surface area contributed by atoms with E-state index in [9.17, 15) is 19.2 Å². The number of carbonyl (C=O) groups excluding carboxylic acids is 4. The molecule has 1 aromatic carbocycles. The third kappa shape index (κ3) is 7.49. The molecule has 0 spiro atoms. The number of benzene rings is 1. The van der Waals surface area contributed by atoms with E-state index in [4.69, 9.17) is 4.74 Å². The molecule has 2 aromatic rings. The van der Waals surface area contributed by atoms with E-state index in [1.165, 1.54) is 17.9 Å². The van der Waals surface area contributed by atoms with Gasteiger partial charge in [0.05, 0.1) is 12.5 Å². The van der Waals surface area contributed by atoms with Gasteiger partial charge in [0.15, 0.2) is 5.82 Å². The molecule has 3 rings (SSSR count). The molecule has 0 atom stereocenters. The first-order valence-electron chi connectivity index (χ1n) is 11.6. The lowest BCUT2D eigenvalue weighted by Gasteiger charge is -2.30. The number of ether oxygens (including phenoxy) is 1. The number of rotatable bonds is 8. The van der Waals surface area contributed by atoms with Crippen LogP contribution in [0.3, 0.4) is 0 Å². The second kappa shape index (κ2) is 12.4. The number of anilines is 2. The fourth-order valence-electron chi connectivity index (χ4n) is 3.64. The van der Waals surface area contributed by atoms with E-state index >= 15 is 0 Å². The first kappa shape index (κ1) is 25.6. The molecule has 1 aromatic heterocycles. The maximum Gasteiger partial charge on any atom is 0.315 e. The van der Waals surface area contributed by atoms with Crippen molar-refractivity contribution in [3.8, 4) is 11.4 Å². The van der Waals surface area contributed by atoms with Gasteiger partial charge in [-0.2, -0.15) is 0 Å². The molecule has 0 aliphatic carbocycles. The van der Waals surface area contributed by atoms with Crippen LogP contribution in [0.15, 0.2) is 36.4 Å². The molecular formula is C24H30N6O5. The minimum atomic E-state index is -0.818. The molecule has 0 radical (unpaired) electrons. The first-order chi connectivity index (χ1) is 16.9. The summed E-state index contributed by atoms with van der Waals surface area (Å²) in [4.78, 5) is 58.7. The molecule has 186 valence electrons. The Kier molecular flexibility index (Phi) is 9.10. The third-order valence-electron chi connectivity index (χ3n) is 5.40. The number of amides is 3. The van der Waals surface area contributed by atoms with Crippen LogP contribution >= 0.6 is 0 Å². The molecular weight excluding hydrogens is 452 g/mol. The van der Waals surface area contributed by atoms with Crippen molar-refractivity contribution in [3.05, 3.63) is 36.4 Å². The third-order valence-corrected chi connectivity index (χ3v) is 5.40. The summed E-state index contributed by atoms with van der Waals surface area (Å²) in [6.07, 6.45) is 0.901. The standard InChI is InChI=1S/C24H30N6O5/c1-3-35-24(34)18-9-13-30(14-10-18)23(33)22(32)29-20-15-19(26-12-11-25-16(2)31)27-21(28-20)17-7-5-4-6-8-17/h4-8,15,18H,3,9-14H2,1-2H3,(H,25,31)(H2,26,27,28,29,32). The van der Waals surface area contributed by atoms with Gasteiger partial charge in [-0.25, -0.2) is 9.97 Å². The monoisotopic (exact) mass is 482 g/mol. The lowest BCUT2D eigenvalue weighted by Crippen LogP contribution is -2.45. The minimum Gasteiger partial charge on any atom is -0.466 e. The zero-order valence-corrected chi connectivity index (χ0v) is 19.9. The van der Waals surface area contributed by atoms with Crippen LogP contribution in [0.5, 0.6) is 0 Å². The highest BCUT2D eigenvalue weighted by Crippen LogP contribution is 2.21. The zero-order chi connectivity index (χ0) is 25.2. The van der Waals surface area contributed by atoms with Crippen LogP contribution < -0.4 is 16.0 Å². The summed E-state index contributed by atoms with van der Waals surface area (Å²) in [6, 6.07) is 10.8. The predicted molar refractivity (Wildman–Crippen MR) is 129 cm³/mol. The van der Waals surface area contributed by atoms with E-state index in [1.54, 1.807) is 6.92 Å². The van der Waals surface area contributed by atoms with Crippen molar-refractivity contribution in [2.75, 3.05) is 43.4 Å². The smallest absolute Gasteiger partial charge is 0.315 e. The van der Waals surface area contributed by atoms with Gasteiger partial charge in [-0.15, -0.1) is 0 Å². The summed E-state index contributed by atoms with van der Waals surface area (Å²) in [5.41, 5.74) is 0.737. The zero-order valence-electron chi connectivity index (χ0n) is 19.9. The maximum atomic E-state index is 12.7. The number of nitrogens with zero attached hydrogens (tertiary/aromatic N) is 3. The Morgan fingerprint density at radius 2 is 1.71 bits per heavy atom. The number of aromatic nitrogens is 2. The van der Waals surface area contributed by atoms with Crippen LogP contribution in [-0.4, -0.2) is 71.3 Å². The topological polar surface area (TPSA) is 143 Å². The number of esters is 1. The van der Waals surface area contributed by atoms with Crippen molar-refractivity contribution in [2.45, 2.75) is 26.7 Å². The molecule has 35 heavy (non-hydrogen) atoms. The van der Waals surface area contributed by atoms with Crippen LogP contribution in [-0.2, 0) is 23.9 Å². The SMILES string of the molecule is CCOC(=O)C1CCN(C(=O)C(=O)Nc2cc(NCCNC(C)=O)nc(-c3ccccc3)n2)CC1. The molecule has 1 fully saturated rings. The van der Waals surface area contributed by atoms with E-state index in [1.807, 2.05) is 30.3 Å². The van der Waals surface area contributed by atoms with Gasteiger partial charge < -0.3 is 25.6 Å². The normalized spacial score (nSPS) is 13.6. The van der Waals surface area contributed by atoms with Gasteiger partial charge in [0, 0.05) is 44.7 Å². The lowest BCUT2D eigenvalue weighted by atomic mass is 9.97. The van der Waals surface area contributed by atoms with Crippen LogP contribution in [0.25, 0.3) is 11.4 Å². The van der Waals surface area contributed by atoms with Gasteiger partial charge in [-0.05, 0) is 19.8 Å². The number of piperidine rings is 1. The quantitative estimate of drug-likeness (QED) is 0.291. The highest BCUT2D eigenvalue weighted by Gasteiger charge is 2.31. The van der Waals surface area contributed by atoms with Crippen molar-refractivity contribution in [3.63, 3.8) is 0 Å².